The van der Waals surface area contributed by atoms with Gasteiger partial charge >= 0.3 is 5.97 Å². The summed E-state index contributed by atoms with van der Waals surface area (Å²) >= 11 is 0. The minimum absolute atomic E-state index is 0.101. The summed E-state index contributed by atoms with van der Waals surface area (Å²) in [7, 11) is 0. The van der Waals surface area contributed by atoms with Crippen LogP contribution in [0.2, 0.25) is 0 Å². The maximum absolute atomic E-state index is 11.5. The molecule has 0 heterocycles. The van der Waals surface area contributed by atoms with E-state index in [2.05, 4.69) is 6.58 Å². The van der Waals surface area contributed by atoms with Crippen molar-refractivity contribution in [2.24, 2.45) is 5.92 Å². The second-order valence-corrected chi connectivity index (χ2v) is 4.72. The van der Waals surface area contributed by atoms with Crippen molar-refractivity contribution in [3.63, 3.8) is 0 Å². The maximum atomic E-state index is 11.5. The van der Waals surface area contributed by atoms with Crippen molar-refractivity contribution < 1.29 is 9.53 Å². The van der Waals surface area contributed by atoms with Gasteiger partial charge in [0, 0.05) is 5.57 Å². The molecule has 0 aromatic rings. The van der Waals surface area contributed by atoms with E-state index >= 15 is 0 Å². The van der Waals surface area contributed by atoms with Crippen molar-refractivity contribution in [2.45, 2.75) is 51.0 Å². The maximum Gasteiger partial charge on any atom is 0.333 e. The highest BCUT2D eigenvalue weighted by Crippen LogP contribution is 2.50. The Hall–Kier alpha value is -0.790. The summed E-state index contributed by atoms with van der Waals surface area (Å²) in [6.45, 7) is 5.35. The lowest BCUT2D eigenvalue weighted by Crippen LogP contribution is -2.34. The Morgan fingerprint density at radius 2 is 1.93 bits per heavy atom. The molecule has 2 saturated carbocycles. The van der Waals surface area contributed by atoms with Gasteiger partial charge in [0.15, 0.2) is 0 Å². The topological polar surface area (TPSA) is 26.3 Å². The molecule has 2 aliphatic carbocycles. The molecule has 0 aromatic heterocycles. The first-order chi connectivity index (χ1) is 6.64. The molecule has 2 rings (SSSR count). The zero-order chi connectivity index (χ0) is 10.2. The van der Waals surface area contributed by atoms with E-state index in [9.17, 15) is 4.79 Å². The summed E-state index contributed by atoms with van der Waals surface area (Å²) in [6, 6.07) is 0. The van der Waals surface area contributed by atoms with Crippen LogP contribution in [0.1, 0.15) is 45.4 Å². The third-order valence-corrected chi connectivity index (χ3v) is 3.42. The Morgan fingerprint density at radius 3 is 2.36 bits per heavy atom. The van der Waals surface area contributed by atoms with Crippen molar-refractivity contribution in [3.8, 4) is 0 Å². The third-order valence-electron chi connectivity index (χ3n) is 3.42. The number of hydrogen-bond acceptors (Lipinski definition) is 2. The molecule has 0 spiro atoms. The highest BCUT2D eigenvalue weighted by molar-refractivity contribution is 5.87. The Morgan fingerprint density at radius 1 is 1.36 bits per heavy atom. The van der Waals surface area contributed by atoms with Crippen LogP contribution in [0.5, 0.6) is 0 Å². The van der Waals surface area contributed by atoms with Crippen molar-refractivity contribution in [1.29, 1.82) is 0 Å². The monoisotopic (exact) mass is 194 g/mol. The molecule has 14 heavy (non-hydrogen) atoms. The van der Waals surface area contributed by atoms with Crippen LogP contribution in [0, 0.1) is 5.92 Å². The molecule has 0 radical (unpaired) electrons. The van der Waals surface area contributed by atoms with Gasteiger partial charge in [-0.2, -0.15) is 0 Å². The normalized spacial score (nSPS) is 24.6. The number of hydrogen-bond donors (Lipinski definition) is 0. The number of esters is 1. The molecule has 78 valence electrons. The Labute approximate surface area is 85.3 Å². The number of rotatable bonds is 3. The third kappa shape index (κ3) is 1.70. The van der Waals surface area contributed by atoms with E-state index in [1.807, 2.05) is 0 Å². The van der Waals surface area contributed by atoms with E-state index in [4.69, 9.17) is 4.74 Å². The number of carbonyl (C=O) groups excluding carboxylic acids is 1. The molecule has 2 fully saturated rings. The van der Waals surface area contributed by atoms with Gasteiger partial charge in [0.1, 0.15) is 5.60 Å². The Balaban J connectivity index is 2.04. The first-order valence-electron chi connectivity index (χ1n) is 5.53. The van der Waals surface area contributed by atoms with Gasteiger partial charge in [-0.05, 0) is 51.4 Å². The zero-order valence-electron chi connectivity index (χ0n) is 8.84. The lowest BCUT2D eigenvalue weighted by molar-refractivity contribution is -0.156. The molecule has 0 bridgehead atoms. The molecule has 0 atom stereocenters. The van der Waals surface area contributed by atoms with E-state index in [1.165, 1.54) is 25.7 Å². The summed E-state index contributed by atoms with van der Waals surface area (Å²) in [6.07, 6.45) is 7.03. The standard InChI is InChI=1S/C12H18O2/c1-9(2)11(13)14-12(10-5-6-10)7-3-4-8-12/h10H,1,3-8H2,2H3. The second kappa shape index (κ2) is 3.41. The second-order valence-electron chi connectivity index (χ2n) is 4.72. The van der Waals surface area contributed by atoms with Crippen LogP contribution in [0.3, 0.4) is 0 Å². The molecule has 0 aromatic carbocycles. The van der Waals surface area contributed by atoms with Crippen molar-refractivity contribution >= 4 is 5.97 Å². The molecular formula is C12H18O2. The molecule has 2 aliphatic rings. The van der Waals surface area contributed by atoms with Crippen molar-refractivity contribution in [1.82, 2.24) is 0 Å². The van der Waals surface area contributed by atoms with Crippen LogP contribution >= 0.6 is 0 Å². The van der Waals surface area contributed by atoms with E-state index in [-0.39, 0.29) is 11.6 Å². The molecule has 0 aliphatic heterocycles. The summed E-state index contributed by atoms with van der Waals surface area (Å²) in [4.78, 5) is 11.5. The van der Waals surface area contributed by atoms with Crippen LogP contribution in [0.25, 0.3) is 0 Å². The van der Waals surface area contributed by atoms with Gasteiger partial charge in [-0.3, -0.25) is 0 Å². The summed E-state index contributed by atoms with van der Waals surface area (Å²) in [5, 5.41) is 0. The van der Waals surface area contributed by atoms with Gasteiger partial charge in [-0.25, -0.2) is 4.79 Å². The van der Waals surface area contributed by atoms with E-state index < -0.39 is 0 Å². The van der Waals surface area contributed by atoms with Crippen LogP contribution in [0.15, 0.2) is 12.2 Å². The average Bonchev–Trinajstić information content (AvgIpc) is 2.89. The summed E-state index contributed by atoms with van der Waals surface area (Å²) in [5.74, 6) is 0.451. The summed E-state index contributed by atoms with van der Waals surface area (Å²) < 4.78 is 5.65. The molecule has 0 N–H and O–H groups in total. The highest BCUT2D eigenvalue weighted by atomic mass is 16.6. The first kappa shape index (κ1) is 9.75. The van der Waals surface area contributed by atoms with E-state index in [0.29, 0.717) is 11.5 Å². The fourth-order valence-corrected chi connectivity index (χ4v) is 2.45. The van der Waals surface area contributed by atoms with Crippen molar-refractivity contribution in [2.75, 3.05) is 0 Å². The smallest absolute Gasteiger partial charge is 0.333 e. The highest BCUT2D eigenvalue weighted by Gasteiger charge is 2.49. The van der Waals surface area contributed by atoms with E-state index in [1.54, 1.807) is 6.92 Å². The van der Waals surface area contributed by atoms with Crippen LogP contribution < -0.4 is 0 Å². The zero-order valence-corrected chi connectivity index (χ0v) is 8.84. The quantitative estimate of drug-likeness (QED) is 0.510. The Bertz CT molecular complexity index is 257. The number of ether oxygens (including phenoxy) is 1. The molecule has 0 amide bonds. The SMILES string of the molecule is C=C(C)C(=O)OC1(C2CC2)CCCC1. The lowest BCUT2D eigenvalue weighted by Gasteiger charge is -2.29. The molecule has 0 saturated heterocycles. The van der Waals surface area contributed by atoms with Gasteiger partial charge in [0.05, 0.1) is 0 Å². The summed E-state index contributed by atoms with van der Waals surface area (Å²) in [5.41, 5.74) is 0.424. The van der Waals surface area contributed by atoms with Crippen LogP contribution in [-0.4, -0.2) is 11.6 Å². The molecule has 2 heteroatoms. The predicted octanol–water partition coefficient (Wildman–Crippen LogP) is 2.83. The minimum atomic E-state index is -0.196. The van der Waals surface area contributed by atoms with Gasteiger partial charge < -0.3 is 4.74 Å². The van der Waals surface area contributed by atoms with Gasteiger partial charge in [0.2, 0.25) is 0 Å². The average molecular weight is 194 g/mol. The minimum Gasteiger partial charge on any atom is -0.455 e. The first-order valence-corrected chi connectivity index (χ1v) is 5.53. The molecule has 0 unspecified atom stereocenters. The van der Waals surface area contributed by atoms with E-state index in [0.717, 1.165) is 12.8 Å². The van der Waals surface area contributed by atoms with Crippen LogP contribution in [-0.2, 0) is 9.53 Å². The van der Waals surface area contributed by atoms with Crippen molar-refractivity contribution in [3.05, 3.63) is 12.2 Å². The predicted molar refractivity (Wildman–Crippen MR) is 54.8 cm³/mol. The molecule has 2 nitrogen and oxygen atoms in total. The fourth-order valence-electron chi connectivity index (χ4n) is 2.45. The fraction of sp³-hybridized carbons (Fsp3) is 0.750. The van der Waals surface area contributed by atoms with Gasteiger partial charge in [-0.1, -0.05) is 6.58 Å². The van der Waals surface area contributed by atoms with Gasteiger partial charge in [0.25, 0.3) is 0 Å². The van der Waals surface area contributed by atoms with Crippen LogP contribution in [0.4, 0.5) is 0 Å². The van der Waals surface area contributed by atoms with Gasteiger partial charge in [-0.15, -0.1) is 0 Å². The molecular weight excluding hydrogens is 176 g/mol. The number of carbonyl (C=O) groups is 1. The largest absolute Gasteiger partial charge is 0.455 e. The lowest BCUT2D eigenvalue weighted by atomic mass is 9.95. The Kier molecular flexibility index (Phi) is 2.38.